The highest BCUT2D eigenvalue weighted by Crippen LogP contribution is 2.37. The van der Waals surface area contributed by atoms with Crippen LogP contribution in [-0.2, 0) is 14.3 Å². The van der Waals surface area contributed by atoms with Crippen LogP contribution in [0.15, 0.2) is 0 Å². The highest BCUT2D eigenvalue weighted by molar-refractivity contribution is 6.24. The molecule has 2 heterocycles. The van der Waals surface area contributed by atoms with E-state index in [0.717, 1.165) is 45.2 Å². The lowest BCUT2D eigenvalue weighted by molar-refractivity contribution is -0.124. The zero-order valence-corrected chi connectivity index (χ0v) is 27.5. The molecule has 0 aromatic carbocycles. The molecule has 10 unspecified atom stereocenters. The second-order valence-corrected chi connectivity index (χ2v) is 14.5. The van der Waals surface area contributed by atoms with Crippen LogP contribution in [0.4, 0.5) is 0 Å². The monoisotopic (exact) mass is 628 g/mol. The maximum Gasteiger partial charge on any atom is 0.220 e. The molecule has 240 valence electrons. The number of alkyl halides is 2. The van der Waals surface area contributed by atoms with Crippen LogP contribution in [0.2, 0.25) is 0 Å². The molecule has 4 fully saturated rings. The zero-order valence-electron chi connectivity index (χ0n) is 26.0. The van der Waals surface area contributed by atoms with Crippen molar-refractivity contribution >= 4 is 29.1 Å². The lowest BCUT2D eigenvalue weighted by Crippen LogP contribution is -2.66. The molecule has 9 nitrogen and oxygen atoms in total. The van der Waals surface area contributed by atoms with Crippen molar-refractivity contribution in [1.29, 1.82) is 5.26 Å². The SMILES string of the molecule is CCOC1CC2NCC(C#N)C(NC3CC(Cl)C(OCC4NCCCC4C)C(Cl)C3)C2CC1NC(=O)CCCN(C)C. The third kappa shape index (κ3) is 9.17. The Morgan fingerprint density at radius 2 is 1.88 bits per heavy atom. The number of halogens is 2. The molecule has 0 aromatic heterocycles. The quantitative estimate of drug-likeness (QED) is 0.244. The standard InChI is InChI=1S/C31H54Cl2N6O3/c1-5-41-28-15-25-22(14-26(28)38-29(40)9-7-11-39(3)4)30(20(16-34)17-36-25)37-21-12-23(32)31(24(33)13-21)42-18-27-19(2)8-6-10-35-27/h19-28,30-31,35-37H,5-15,17-18H2,1-4H3,(H,38,40). The van der Waals surface area contributed by atoms with Crippen molar-refractivity contribution in [3.8, 4) is 6.07 Å². The summed E-state index contributed by atoms with van der Waals surface area (Å²) in [6, 6.07) is 3.12. The lowest BCUT2D eigenvalue weighted by Gasteiger charge is -2.50. The highest BCUT2D eigenvalue weighted by Gasteiger charge is 2.48. The Balaban J connectivity index is 1.37. The van der Waals surface area contributed by atoms with E-state index in [2.05, 4.69) is 39.2 Å². The van der Waals surface area contributed by atoms with Crippen molar-refractivity contribution in [1.82, 2.24) is 26.2 Å². The summed E-state index contributed by atoms with van der Waals surface area (Å²) in [5, 5.41) is 24.1. The van der Waals surface area contributed by atoms with Gasteiger partial charge in [-0.3, -0.25) is 4.79 Å². The second kappa shape index (κ2) is 16.6. The summed E-state index contributed by atoms with van der Waals surface area (Å²) < 4.78 is 12.5. The minimum Gasteiger partial charge on any atom is -0.376 e. The van der Waals surface area contributed by atoms with Gasteiger partial charge in [-0.25, -0.2) is 0 Å². The fourth-order valence-corrected chi connectivity index (χ4v) is 8.59. The van der Waals surface area contributed by atoms with E-state index in [1.165, 1.54) is 12.8 Å². The number of carbonyl (C=O) groups excluding carboxylic acids is 1. The van der Waals surface area contributed by atoms with Crippen molar-refractivity contribution in [2.24, 2.45) is 17.8 Å². The molecule has 11 heteroatoms. The zero-order chi connectivity index (χ0) is 30.2. The maximum atomic E-state index is 12.9. The number of nitrogens with zero attached hydrogens (tertiary/aromatic N) is 2. The summed E-state index contributed by atoms with van der Waals surface area (Å²) in [7, 11) is 4.04. The summed E-state index contributed by atoms with van der Waals surface area (Å²) in [5.74, 6) is 0.657. The van der Waals surface area contributed by atoms with E-state index < -0.39 is 0 Å². The highest BCUT2D eigenvalue weighted by atomic mass is 35.5. The average molecular weight is 630 g/mol. The molecular formula is C31H54Cl2N6O3. The minimum atomic E-state index is -0.196. The van der Waals surface area contributed by atoms with Gasteiger partial charge in [-0.15, -0.1) is 23.2 Å². The van der Waals surface area contributed by atoms with E-state index in [9.17, 15) is 10.1 Å². The molecule has 2 saturated heterocycles. The lowest BCUT2D eigenvalue weighted by atomic mass is 9.69. The number of amides is 1. The Bertz CT molecular complexity index is 881. The number of rotatable bonds is 12. The van der Waals surface area contributed by atoms with Crippen molar-refractivity contribution in [2.45, 2.75) is 118 Å². The van der Waals surface area contributed by atoms with Crippen LogP contribution in [0.25, 0.3) is 0 Å². The van der Waals surface area contributed by atoms with Gasteiger partial charge in [-0.1, -0.05) is 6.92 Å². The van der Waals surface area contributed by atoms with Gasteiger partial charge in [0.25, 0.3) is 0 Å². The maximum absolute atomic E-state index is 12.9. The van der Waals surface area contributed by atoms with Crippen LogP contribution in [0.1, 0.15) is 65.2 Å². The Kier molecular flexibility index (Phi) is 13.5. The van der Waals surface area contributed by atoms with E-state index in [-0.39, 0.29) is 64.9 Å². The number of fused-ring (bicyclic) bond motifs is 1. The molecule has 0 radical (unpaired) electrons. The van der Waals surface area contributed by atoms with Gasteiger partial charge in [0, 0.05) is 43.7 Å². The van der Waals surface area contributed by atoms with Gasteiger partial charge in [-0.2, -0.15) is 5.26 Å². The van der Waals surface area contributed by atoms with E-state index in [4.69, 9.17) is 32.7 Å². The predicted octanol–water partition coefficient (Wildman–Crippen LogP) is 2.85. The first-order chi connectivity index (χ1) is 20.2. The largest absolute Gasteiger partial charge is 0.376 e. The van der Waals surface area contributed by atoms with E-state index in [1.807, 2.05) is 21.0 Å². The molecule has 4 aliphatic rings. The van der Waals surface area contributed by atoms with Crippen LogP contribution in [0.3, 0.4) is 0 Å². The molecule has 10 atom stereocenters. The van der Waals surface area contributed by atoms with Crippen LogP contribution in [-0.4, -0.2) is 111 Å². The number of carbonyl (C=O) groups is 1. The van der Waals surface area contributed by atoms with Crippen LogP contribution in [0.5, 0.6) is 0 Å². The van der Waals surface area contributed by atoms with E-state index in [1.54, 1.807) is 0 Å². The fourth-order valence-electron chi connectivity index (χ4n) is 7.59. The van der Waals surface area contributed by atoms with E-state index >= 15 is 0 Å². The summed E-state index contributed by atoms with van der Waals surface area (Å²) >= 11 is 13.9. The number of hydrogen-bond donors (Lipinski definition) is 4. The van der Waals surface area contributed by atoms with Crippen LogP contribution < -0.4 is 21.3 Å². The van der Waals surface area contributed by atoms with Crippen LogP contribution >= 0.6 is 23.2 Å². The van der Waals surface area contributed by atoms with Crippen molar-refractivity contribution in [3.05, 3.63) is 0 Å². The molecule has 4 rings (SSSR count). The third-order valence-corrected chi connectivity index (χ3v) is 10.8. The molecule has 2 aliphatic carbocycles. The van der Waals surface area contributed by atoms with Gasteiger partial charge < -0.3 is 35.6 Å². The molecule has 42 heavy (non-hydrogen) atoms. The minimum absolute atomic E-state index is 0.0144. The number of hydrogen-bond acceptors (Lipinski definition) is 8. The summed E-state index contributed by atoms with van der Waals surface area (Å²) in [5.41, 5.74) is 0. The first-order valence-electron chi connectivity index (χ1n) is 16.3. The van der Waals surface area contributed by atoms with E-state index in [0.29, 0.717) is 38.1 Å². The second-order valence-electron chi connectivity index (χ2n) is 13.3. The summed E-state index contributed by atoms with van der Waals surface area (Å²) in [6.45, 7) is 8.07. The topological polar surface area (TPSA) is 111 Å². The smallest absolute Gasteiger partial charge is 0.220 e. The fraction of sp³-hybridized carbons (Fsp3) is 0.935. The molecule has 0 bridgehead atoms. The number of piperidine rings is 2. The molecule has 2 saturated carbocycles. The summed E-state index contributed by atoms with van der Waals surface area (Å²) in [6.07, 6.45) is 6.57. The Hall–Kier alpha value is -0.700. The first-order valence-corrected chi connectivity index (χ1v) is 17.1. The normalized spacial score (nSPS) is 40.7. The van der Waals surface area contributed by atoms with Gasteiger partial charge in [0.1, 0.15) is 0 Å². The first kappa shape index (κ1) is 34.2. The molecular weight excluding hydrogens is 575 g/mol. The van der Waals surface area contributed by atoms with Gasteiger partial charge in [0.15, 0.2) is 0 Å². The van der Waals surface area contributed by atoms with Crippen LogP contribution in [0, 0.1) is 29.1 Å². The molecule has 1 amide bonds. The average Bonchev–Trinajstić information content (AvgIpc) is 2.94. The van der Waals surface area contributed by atoms with Crippen molar-refractivity contribution in [3.63, 3.8) is 0 Å². The number of nitrogens with one attached hydrogen (secondary N) is 4. The predicted molar refractivity (Wildman–Crippen MR) is 168 cm³/mol. The molecule has 0 aromatic rings. The molecule has 4 N–H and O–H groups in total. The van der Waals surface area contributed by atoms with Gasteiger partial charge in [0.05, 0.1) is 47.6 Å². The Morgan fingerprint density at radius 1 is 1.12 bits per heavy atom. The third-order valence-electron chi connectivity index (χ3n) is 9.93. The van der Waals surface area contributed by atoms with Crippen molar-refractivity contribution in [2.75, 3.05) is 46.9 Å². The molecule has 2 aliphatic heterocycles. The van der Waals surface area contributed by atoms with Crippen molar-refractivity contribution < 1.29 is 14.3 Å². The summed E-state index contributed by atoms with van der Waals surface area (Å²) in [4.78, 5) is 15.0. The number of nitriles is 1. The Morgan fingerprint density at radius 3 is 2.55 bits per heavy atom. The van der Waals surface area contributed by atoms with Gasteiger partial charge in [-0.05, 0) is 90.9 Å². The van der Waals surface area contributed by atoms with Gasteiger partial charge >= 0.3 is 0 Å². The number of ether oxygens (including phenoxy) is 2. The Labute approximate surface area is 263 Å². The van der Waals surface area contributed by atoms with Gasteiger partial charge in [0.2, 0.25) is 5.91 Å². The molecule has 0 spiro atoms.